The van der Waals surface area contributed by atoms with Gasteiger partial charge in [-0.1, -0.05) is 20.8 Å². The van der Waals surface area contributed by atoms with Crippen LogP contribution in [0.5, 0.6) is 0 Å². The van der Waals surface area contributed by atoms with Gasteiger partial charge in [0.05, 0.1) is 11.9 Å². The van der Waals surface area contributed by atoms with Crippen molar-refractivity contribution >= 4 is 5.91 Å². The van der Waals surface area contributed by atoms with Crippen molar-refractivity contribution in [2.24, 2.45) is 18.4 Å². The molecule has 1 aliphatic heterocycles. The Morgan fingerprint density at radius 3 is 2.64 bits per heavy atom. The molecule has 0 bridgehead atoms. The van der Waals surface area contributed by atoms with Gasteiger partial charge < -0.3 is 9.47 Å². The van der Waals surface area contributed by atoms with E-state index in [0.717, 1.165) is 43.1 Å². The zero-order chi connectivity index (χ0) is 18.0. The van der Waals surface area contributed by atoms with Gasteiger partial charge in [0.25, 0.3) is 0 Å². The van der Waals surface area contributed by atoms with Gasteiger partial charge in [-0.3, -0.25) is 9.78 Å². The highest BCUT2D eigenvalue weighted by Gasteiger charge is 2.28. The topological polar surface area (TPSA) is 63.9 Å². The van der Waals surface area contributed by atoms with Gasteiger partial charge in [0, 0.05) is 45.1 Å². The predicted molar refractivity (Wildman–Crippen MR) is 96.7 cm³/mol. The predicted octanol–water partition coefficient (Wildman–Crippen LogP) is 2.70. The Bertz CT molecular complexity index is 729. The number of hydrogen-bond donors (Lipinski definition) is 0. The zero-order valence-corrected chi connectivity index (χ0v) is 15.6. The summed E-state index contributed by atoms with van der Waals surface area (Å²) in [5.74, 6) is 1.56. The highest BCUT2D eigenvalue weighted by Crippen LogP contribution is 2.25. The molecule has 0 unspecified atom stereocenters. The second kappa shape index (κ2) is 6.94. The average Bonchev–Trinajstić information content (AvgIpc) is 3.16. The van der Waals surface area contributed by atoms with Crippen LogP contribution in [0.4, 0.5) is 0 Å². The van der Waals surface area contributed by atoms with Crippen molar-refractivity contribution in [3.05, 3.63) is 30.5 Å². The Hall–Kier alpha value is -2.24. The summed E-state index contributed by atoms with van der Waals surface area (Å²) in [4.78, 5) is 27.7. The number of likely N-dealkylation sites (tertiary alicyclic amines) is 1. The van der Waals surface area contributed by atoms with Crippen LogP contribution in [0, 0.1) is 11.3 Å². The first kappa shape index (κ1) is 17.6. The van der Waals surface area contributed by atoms with Gasteiger partial charge in [-0.15, -0.1) is 0 Å². The molecule has 1 saturated heterocycles. The van der Waals surface area contributed by atoms with Gasteiger partial charge in [-0.25, -0.2) is 9.97 Å². The maximum atomic E-state index is 12.4. The van der Waals surface area contributed by atoms with Crippen molar-refractivity contribution < 1.29 is 4.79 Å². The minimum atomic E-state index is 0.0431. The van der Waals surface area contributed by atoms with Crippen LogP contribution in [-0.4, -0.2) is 43.4 Å². The minimum Gasteiger partial charge on any atom is -0.342 e. The van der Waals surface area contributed by atoms with Gasteiger partial charge in [-0.2, -0.15) is 0 Å². The van der Waals surface area contributed by atoms with Crippen molar-refractivity contribution in [2.45, 2.75) is 40.0 Å². The number of carbonyl (C=O) groups is 1. The summed E-state index contributed by atoms with van der Waals surface area (Å²) in [7, 11) is 1.94. The van der Waals surface area contributed by atoms with E-state index in [4.69, 9.17) is 0 Å². The molecule has 1 fully saturated rings. The number of nitrogens with zero attached hydrogens (tertiary/aromatic N) is 5. The van der Waals surface area contributed by atoms with Gasteiger partial charge in [0.1, 0.15) is 5.69 Å². The van der Waals surface area contributed by atoms with Crippen molar-refractivity contribution in [1.29, 1.82) is 0 Å². The molecule has 134 valence electrons. The standard InChI is InChI=1S/C19H27N5O/c1-19(2,3)10-17(25)24-7-5-14(13-24)9-15-11-22-16(12-21-15)18-20-6-8-23(18)4/h6,8,11-12,14H,5,7,9-10,13H2,1-4H3/t14-/m1/s1. The largest absolute Gasteiger partial charge is 0.342 e. The van der Waals surface area contributed by atoms with Crippen molar-refractivity contribution in [2.75, 3.05) is 13.1 Å². The highest BCUT2D eigenvalue weighted by atomic mass is 16.2. The first-order chi connectivity index (χ1) is 11.8. The van der Waals surface area contributed by atoms with E-state index in [1.807, 2.05) is 28.9 Å². The lowest BCUT2D eigenvalue weighted by molar-refractivity contribution is -0.132. The summed E-state index contributed by atoms with van der Waals surface area (Å²) in [6, 6.07) is 0. The maximum Gasteiger partial charge on any atom is 0.223 e. The molecule has 6 heteroatoms. The van der Waals surface area contributed by atoms with Crippen LogP contribution in [0.3, 0.4) is 0 Å². The van der Waals surface area contributed by atoms with E-state index in [2.05, 4.69) is 35.7 Å². The molecule has 0 aromatic carbocycles. The molecule has 3 rings (SSSR count). The molecule has 1 aliphatic rings. The Balaban J connectivity index is 1.57. The van der Waals surface area contributed by atoms with E-state index in [9.17, 15) is 4.79 Å². The number of hydrogen-bond acceptors (Lipinski definition) is 4. The summed E-state index contributed by atoms with van der Waals surface area (Å²) in [6.45, 7) is 8.02. The molecular weight excluding hydrogens is 314 g/mol. The Kier molecular flexibility index (Phi) is 4.88. The number of rotatable bonds is 4. The summed E-state index contributed by atoms with van der Waals surface area (Å²) >= 11 is 0. The maximum absolute atomic E-state index is 12.4. The highest BCUT2D eigenvalue weighted by molar-refractivity contribution is 5.77. The third-order valence-corrected chi connectivity index (χ3v) is 4.57. The molecule has 25 heavy (non-hydrogen) atoms. The van der Waals surface area contributed by atoms with Crippen LogP contribution in [0.2, 0.25) is 0 Å². The molecule has 0 spiro atoms. The third-order valence-electron chi connectivity index (χ3n) is 4.57. The first-order valence-corrected chi connectivity index (χ1v) is 8.88. The lowest BCUT2D eigenvalue weighted by Crippen LogP contribution is -2.31. The van der Waals surface area contributed by atoms with Crippen LogP contribution >= 0.6 is 0 Å². The van der Waals surface area contributed by atoms with Crippen molar-refractivity contribution in [1.82, 2.24) is 24.4 Å². The average molecular weight is 341 g/mol. The molecule has 1 atom stereocenters. The minimum absolute atomic E-state index is 0.0431. The van der Waals surface area contributed by atoms with Crippen LogP contribution < -0.4 is 0 Å². The van der Waals surface area contributed by atoms with Gasteiger partial charge in [0.15, 0.2) is 5.82 Å². The third kappa shape index (κ3) is 4.44. The molecule has 0 N–H and O–H groups in total. The van der Waals surface area contributed by atoms with E-state index in [0.29, 0.717) is 12.3 Å². The summed E-state index contributed by atoms with van der Waals surface area (Å²) in [5, 5.41) is 0. The monoisotopic (exact) mass is 341 g/mol. The van der Waals surface area contributed by atoms with E-state index in [-0.39, 0.29) is 11.3 Å². The fourth-order valence-electron chi connectivity index (χ4n) is 3.28. The normalized spacial score (nSPS) is 17.9. The number of aromatic nitrogens is 4. The molecule has 2 aromatic heterocycles. The Morgan fingerprint density at radius 2 is 2.04 bits per heavy atom. The summed E-state index contributed by atoms with van der Waals surface area (Å²) < 4.78 is 1.93. The number of amides is 1. The second-order valence-electron chi connectivity index (χ2n) is 8.19. The number of aryl methyl sites for hydroxylation is 1. The van der Waals surface area contributed by atoms with Crippen LogP contribution in [-0.2, 0) is 18.3 Å². The van der Waals surface area contributed by atoms with Crippen LogP contribution in [0.1, 0.15) is 39.3 Å². The lowest BCUT2D eigenvalue weighted by atomic mass is 9.91. The number of carbonyl (C=O) groups excluding carboxylic acids is 1. The molecule has 6 nitrogen and oxygen atoms in total. The van der Waals surface area contributed by atoms with Crippen molar-refractivity contribution in [3.8, 4) is 11.5 Å². The zero-order valence-electron chi connectivity index (χ0n) is 15.6. The molecule has 0 aliphatic carbocycles. The van der Waals surface area contributed by atoms with Crippen LogP contribution in [0.15, 0.2) is 24.8 Å². The molecule has 3 heterocycles. The smallest absolute Gasteiger partial charge is 0.223 e. The quantitative estimate of drug-likeness (QED) is 0.858. The molecule has 0 saturated carbocycles. The van der Waals surface area contributed by atoms with E-state index in [1.165, 1.54) is 0 Å². The lowest BCUT2D eigenvalue weighted by Gasteiger charge is -2.23. The van der Waals surface area contributed by atoms with Gasteiger partial charge >= 0.3 is 0 Å². The van der Waals surface area contributed by atoms with Gasteiger partial charge in [-0.05, 0) is 24.2 Å². The summed E-state index contributed by atoms with van der Waals surface area (Å²) in [5.41, 5.74) is 1.80. The number of imidazole rings is 1. The van der Waals surface area contributed by atoms with E-state index in [1.54, 1.807) is 12.4 Å². The molecule has 1 amide bonds. The van der Waals surface area contributed by atoms with Crippen LogP contribution in [0.25, 0.3) is 11.5 Å². The Labute approximate surface area is 149 Å². The molecule has 0 radical (unpaired) electrons. The molecular formula is C19H27N5O. The SMILES string of the molecule is Cn1ccnc1-c1cnc(C[C@H]2CCN(C(=O)CC(C)(C)C)C2)cn1. The molecule has 2 aromatic rings. The summed E-state index contributed by atoms with van der Waals surface area (Å²) in [6.07, 6.45) is 9.79. The van der Waals surface area contributed by atoms with Crippen molar-refractivity contribution in [3.63, 3.8) is 0 Å². The second-order valence-corrected chi connectivity index (χ2v) is 8.19. The first-order valence-electron chi connectivity index (χ1n) is 8.88. The van der Waals surface area contributed by atoms with E-state index < -0.39 is 0 Å². The van der Waals surface area contributed by atoms with E-state index >= 15 is 0 Å². The fourth-order valence-corrected chi connectivity index (χ4v) is 3.28. The Morgan fingerprint density at radius 1 is 1.24 bits per heavy atom. The fraction of sp³-hybridized carbons (Fsp3) is 0.579. The van der Waals surface area contributed by atoms with Gasteiger partial charge in [0.2, 0.25) is 5.91 Å².